The molecule has 0 aliphatic carbocycles. The van der Waals surface area contributed by atoms with Crippen molar-refractivity contribution in [2.75, 3.05) is 5.88 Å². The number of fused-ring (bicyclic) bond motifs is 1. The molecule has 5 heteroatoms. The number of aryl methyl sites for hydroxylation is 3. The molecule has 0 atom stereocenters. The van der Waals surface area contributed by atoms with E-state index in [-0.39, 0.29) is 0 Å². The maximum Gasteiger partial charge on any atom is 0.158 e. The summed E-state index contributed by atoms with van der Waals surface area (Å²) in [5.41, 5.74) is 3.27. The van der Waals surface area contributed by atoms with Crippen LogP contribution in [-0.2, 0) is 19.9 Å². The van der Waals surface area contributed by atoms with Crippen LogP contribution in [0.4, 0.5) is 0 Å². The summed E-state index contributed by atoms with van der Waals surface area (Å²) in [6.45, 7) is 6.51. The van der Waals surface area contributed by atoms with Gasteiger partial charge in [0.2, 0.25) is 0 Å². The zero-order chi connectivity index (χ0) is 13.3. The molecule has 0 bridgehead atoms. The third kappa shape index (κ3) is 2.14. The van der Waals surface area contributed by atoms with E-state index in [0.717, 1.165) is 41.9 Å². The van der Waals surface area contributed by atoms with Crippen LogP contribution in [0.2, 0.25) is 0 Å². The summed E-state index contributed by atoms with van der Waals surface area (Å²) >= 11 is 5.87. The minimum atomic E-state index is 0.373. The highest BCUT2D eigenvalue weighted by molar-refractivity contribution is 6.17. The third-order valence-corrected chi connectivity index (χ3v) is 3.32. The van der Waals surface area contributed by atoms with Gasteiger partial charge in [-0.3, -0.25) is 4.68 Å². The average Bonchev–Trinajstić information content (AvgIpc) is 2.80. The summed E-state index contributed by atoms with van der Waals surface area (Å²) in [6.07, 6.45) is 2.87. The molecule has 0 unspecified atom stereocenters. The lowest BCUT2D eigenvalue weighted by Gasteiger charge is -2.12. The summed E-state index contributed by atoms with van der Waals surface area (Å²) in [7, 11) is 1.99. The van der Waals surface area contributed by atoms with E-state index in [9.17, 15) is 0 Å². The smallest absolute Gasteiger partial charge is 0.158 e. The van der Waals surface area contributed by atoms with Crippen molar-refractivity contribution in [1.82, 2.24) is 19.3 Å². The fraction of sp³-hybridized carbons (Fsp3) is 0.692. The number of aromatic nitrogens is 4. The van der Waals surface area contributed by atoms with Crippen LogP contribution in [0, 0.1) is 0 Å². The summed E-state index contributed by atoms with van der Waals surface area (Å²) in [5.74, 6) is 1.67. The standard InChI is InChI=1S/C13H21ClN4/c1-5-6-10-12-13(17(4)16-10)18(9(2)3)11(15-12)7-8-14/h9H,5-8H2,1-4H3. The Balaban J connectivity index is 2.64. The van der Waals surface area contributed by atoms with Crippen molar-refractivity contribution in [3.05, 3.63) is 11.5 Å². The van der Waals surface area contributed by atoms with Crippen molar-refractivity contribution in [3.8, 4) is 0 Å². The highest BCUT2D eigenvalue weighted by Crippen LogP contribution is 2.24. The van der Waals surface area contributed by atoms with Gasteiger partial charge in [0.1, 0.15) is 11.3 Å². The predicted octanol–water partition coefficient (Wildman–Crippen LogP) is 3.08. The van der Waals surface area contributed by atoms with Gasteiger partial charge in [-0.15, -0.1) is 11.6 Å². The van der Waals surface area contributed by atoms with Gasteiger partial charge in [0.05, 0.1) is 5.69 Å². The maximum atomic E-state index is 5.87. The normalized spacial score (nSPS) is 11.9. The molecule has 0 fully saturated rings. The topological polar surface area (TPSA) is 35.6 Å². The van der Waals surface area contributed by atoms with Gasteiger partial charge in [-0.2, -0.15) is 5.10 Å². The Labute approximate surface area is 113 Å². The van der Waals surface area contributed by atoms with E-state index in [0.29, 0.717) is 11.9 Å². The fourth-order valence-electron chi connectivity index (χ4n) is 2.46. The summed E-state index contributed by atoms with van der Waals surface area (Å²) in [4.78, 5) is 4.76. The maximum absolute atomic E-state index is 5.87. The number of nitrogens with zero attached hydrogens (tertiary/aromatic N) is 4. The van der Waals surface area contributed by atoms with Crippen molar-refractivity contribution in [2.24, 2.45) is 7.05 Å². The van der Waals surface area contributed by atoms with E-state index in [2.05, 4.69) is 30.4 Å². The van der Waals surface area contributed by atoms with Crippen LogP contribution < -0.4 is 0 Å². The van der Waals surface area contributed by atoms with E-state index in [1.165, 1.54) is 0 Å². The minimum absolute atomic E-state index is 0.373. The van der Waals surface area contributed by atoms with Crippen molar-refractivity contribution < 1.29 is 0 Å². The first-order chi connectivity index (χ1) is 8.60. The Morgan fingerprint density at radius 3 is 2.56 bits per heavy atom. The first kappa shape index (κ1) is 13.4. The van der Waals surface area contributed by atoms with Crippen LogP contribution in [0.15, 0.2) is 0 Å². The van der Waals surface area contributed by atoms with Gasteiger partial charge in [0.15, 0.2) is 5.65 Å². The van der Waals surface area contributed by atoms with Gasteiger partial charge in [-0.25, -0.2) is 4.98 Å². The van der Waals surface area contributed by atoms with Gasteiger partial charge in [0, 0.05) is 25.4 Å². The molecule has 0 aromatic carbocycles. The van der Waals surface area contributed by atoms with Crippen LogP contribution in [0.1, 0.15) is 44.8 Å². The lowest BCUT2D eigenvalue weighted by molar-refractivity contribution is 0.568. The van der Waals surface area contributed by atoms with Crippen molar-refractivity contribution in [2.45, 2.75) is 46.1 Å². The van der Waals surface area contributed by atoms with Gasteiger partial charge in [0.25, 0.3) is 0 Å². The summed E-state index contributed by atoms with van der Waals surface area (Å²) in [5, 5.41) is 4.58. The van der Waals surface area contributed by atoms with E-state index in [1.54, 1.807) is 0 Å². The molecular formula is C13H21ClN4. The van der Waals surface area contributed by atoms with Gasteiger partial charge in [-0.05, 0) is 20.3 Å². The Kier molecular flexibility index (Phi) is 3.95. The van der Waals surface area contributed by atoms with E-state index < -0.39 is 0 Å². The molecule has 2 heterocycles. The molecule has 2 rings (SSSR count). The molecule has 100 valence electrons. The van der Waals surface area contributed by atoms with Crippen LogP contribution in [0.25, 0.3) is 11.2 Å². The lowest BCUT2D eigenvalue weighted by atomic mass is 10.2. The summed E-state index contributed by atoms with van der Waals surface area (Å²) < 4.78 is 4.20. The highest BCUT2D eigenvalue weighted by atomic mass is 35.5. The molecule has 4 nitrogen and oxygen atoms in total. The largest absolute Gasteiger partial charge is 0.310 e. The third-order valence-electron chi connectivity index (χ3n) is 3.13. The van der Waals surface area contributed by atoms with Gasteiger partial charge >= 0.3 is 0 Å². The van der Waals surface area contributed by atoms with Crippen molar-refractivity contribution >= 4 is 22.8 Å². The highest BCUT2D eigenvalue weighted by Gasteiger charge is 2.19. The molecule has 2 aromatic rings. The van der Waals surface area contributed by atoms with E-state index >= 15 is 0 Å². The van der Waals surface area contributed by atoms with Crippen molar-refractivity contribution in [3.63, 3.8) is 0 Å². The second kappa shape index (κ2) is 5.31. The van der Waals surface area contributed by atoms with Gasteiger partial charge < -0.3 is 4.57 Å². The number of alkyl halides is 1. The van der Waals surface area contributed by atoms with Crippen molar-refractivity contribution in [1.29, 1.82) is 0 Å². The summed E-state index contributed by atoms with van der Waals surface area (Å²) in [6, 6.07) is 0.373. The Hall–Kier alpha value is -1.03. The number of imidazole rings is 1. The fourth-order valence-corrected chi connectivity index (χ4v) is 2.63. The SMILES string of the molecule is CCCc1nn(C)c2c1nc(CCCl)n2C(C)C. The van der Waals surface area contributed by atoms with Crippen LogP contribution in [0.5, 0.6) is 0 Å². The molecule has 0 spiro atoms. The quantitative estimate of drug-likeness (QED) is 0.781. The molecule has 0 amide bonds. The predicted molar refractivity (Wildman–Crippen MR) is 75.3 cm³/mol. The molecule has 0 aliphatic heterocycles. The van der Waals surface area contributed by atoms with E-state index in [4.69, 9.17) is 16.6 Å². The second-order valence-electron chi connectivity index (χ2n) is 4.92. The average molecular weight is 269 g/mol. The molecule has 0 saturated heterocycles. The zero-order valence-electron chi connectivity index (χ0n) is 11.6. The molecule has 2 aromatic heterocycles. The monoisotopic (exact) mass is 268 g/mol. The van der Waals surface area contributed by atoms with Crippen LogP contribution in [-0.4, -0.2) is 25.2 Å². The van der Waals surface area contributed by atoms with Crippen LogP contribution >= 0.6 is 11.6 Å². The number of hydrogen-bond donors (Lipinski definition) is 0. The molecule has 0 radical (unpaired) electrons. The number of halogens is 1. The minimum Gasteiger partial charge on any atom is -0.310 e. The van der Waals surface area contributed by atoms with E-state index in [1.807, 2.05) is 11.7 Å². The zero-order valence-corrected chi connectivity index (χ0v) is 12.3. The second-order valence-corrected chi connectivity index (χ2v) is 5.30. The molecule has 0 aliphatic rings. The lowest BCUT2D eigenvalue weighted by Crippen LogP contribution is -2.10. The first-order valence-electron chi connectivity index (χ1n) is 6.58. The Bertz CT molecular complexity index is 539. The molecule has 18 heavy (non-hydrogen) atoms. The van der Waals surface area contributed by atoms with Gasteiger partial charge in [-0.1, -0.05) is 13.3 Å². The number of hydrogen-bond acceptors (Lipinski definition) is 2. The first-order valence-corrected chi connectivity index (χ1v) is 7.12. The number of rotatable bonds is 5. The Morgan fingerprint density at radius 2 is 2.00 bits per heavy atom. The Morgan fingerprint density at radius 1 is 1.28 bits per heavy atom. The molecular weight excluding hydrogens is 248 g/mol. The van der Waals surface area contributed by atoms with Crippen LogP contribution in [0.3, 0.4) is 0 Å². The molecule has 0 saturated carbocycles. The molecule has 0 N–H and O–H groups in total.